The van der Waals surface area contributed by atoms with Crippen molar-refractivity contribution in [2.45, 2.75) is 5.60 Å². The van der Waals surface area contributed by atoms with Gasteiger partial charge in [-0.25, -0.2) is 9.69 Å². The number of amides is 2. The Kier molecular flexibility index (Phi) is 4.10. The predicted molar refractivity (Wildman–Crippen MR) is 119 cm³/mol. The van der Waals surface area contributed by atoms with Crippen molar-refractivity contribution in [3.8, 4) is 23.0 Å². The SMILES string of the molecule is COc1ccc2c(c1)Oc1cc(OC)ccc1C21OC(=O)c2cc(N3C(=O)C=CC3=O)ccc21. The summed E-state index contributed by atoms with van der Waals surface area (Å²) in [5, 5.41) is 0. The van der Waals surface area contributed by atoms with Gasteiger partial charge in [-0.3, -0.25) is 9.59 Å². The van der Waals surface area contributed by atoms with Crippen molar-refractivity contribution in [1.29, 1.82) is 0 Å². The Morgan fingerprint density at radius 2 is 1.29 bits per heavy atom. The molecule has 6 rings (SSSR count). The number of esters is 1. The van der Waals surface area contributed by atoms with Crippen LogP contribution in [-0.2, 0) is 19.9 Å². The van der Waals surface area contributed by atoms with Crippen molar-refractivity contribution in [1.82, 2.24) is 0 Å². The molecule has 8 heteroatoms. The van der Waals surface area contributed by atoms with E-state index in [1.807, 2.05) is 0 Å². The van der Waals surface area contributed by atoms with E-state index in [-0.39, 0.29) is 5.56 Å². The average Bonchev–Trinajstić information content (AvgIpc) is 3.34. The van der Waals surface area contributed by atoms with Crippen molar-refractivity contribution in [3.63, 3.8) is 0 Å². The molecular formula is C26H17NO7. The molecule has 168 valence electrons. The molecule has 3 aromatic carbocycles. The van der Waals surface area contributed by atoms with Crippen LogP contribution in [0.5, 0.6) is 23.0 Å². The molecule has 0 aromatic heterocycles. The number of hydrogen-bond donors (Lipinski definition) is 0. The number of carbonyl (C=O) groups is 3. The van der Waals surface area contributed by atoms with Gasteiger partial charge in [-0.1, -0.05) is 6.07 Å². The smallest absolute Gasteiger partial charge is 0.340 e. The molecule has 8 nitrogen and oxygen atoms in total. The van der Waals surface area contributed by atoms with Crippen molar-refractivity contribution in [2.24, 2.45) is 0 Å². The van der Waals surface area contributed by atoms with Crippen LogP contribution in [0.3, 0.4) is 0 Å². The van der Waals surface area contributed by atoms with Crippen molar-refractivity contribution in [2.75, 3.05) is 19.1 Å². The minimum atomic E-state index is -1.29. The summed E-state index contributed by atoms with van der Waals surface area (Å²) in [6.07, 6.45) is 2.39. The van der Waals surface area contributed by atoms with Gasteiger partial charge in [-0.2, -0.15) is 0 Å². The summed E-state index contributed by atoms with van der Waals surface area (Å²) in [7, 11) is 3.11. The zero-order valence-electron chi connectivity index (χ0n) is 18.2. The number of fused-ring (bicyclic) bond motifs is 6. The summed E-state index contributed by atoms with van der Waals surface area (Å²) < 4.78 is 23.0. The number of rotatable bonds is 3. The van der Waals surface area contributed by atoms with E-state index >= 15 is 0 Å². The molecule has 0 N–H and O–H groups in total. The van der Waals surface area contributed by atoms with E-state index in [1.165, 1.54) is 18.2 Å². The highest BCUT2D eigenvalue weighted by molar-refractivity contribution is 6.28. The Labute approximate surface area is 193 Å². The fourth-order valence-corrected chi connectivity index (χ4v) is 4.72. The molecule has 1 spiro atoms. The second-order valence-electron chi connectivity index (χ2n) is 7.97. The number of hydrogen-bond acceptors (Lipinski definition) is 7. The molecule has 0 bridgehead atoms. The van der Waals surface area contributed by atoms with Gasteiger partial charge in [0.1, 0.15) is 23.0 Å². The maximum absolute atomic E-state index is 13.2. The zero-order valence-corrected chi connectivity index (χ0v) is 18.2. The van der Waals surface area contributed by atoms with Crippen LogP contribution in [0, 0.1) is 0 Å². The summed E-state index contributed by atoms with van der Waals surface area (Å²) in [4.78, 5) is 38.6. The Morgan fingerprint density at radius 1 is 0.735 bits per heavy atom. The molecule has 0 atom stereocenters. The summed E-state index contributed by atoms with van der Waals surface area (Å²) >= 11 is 0. The molecule has 0 aliphatic carbocycles. The first-order valence-electron chi connectivity index (χ1n) is 10.4. The van der Waals surface area contributed by atoms with Crippen LogP contribution in [0.1, 0.15) is 27.0 Å². The van der Waals surface area contributed by atoms with Crippen LogP contribution in [0.4, 0.5) is 5.69 Å². The molecule has 3 aliphatic rings. The van der Waals surface area contributed by atoms with E-state index in [4.69, 9.17) is 18.9 Å². The van der Waals surface area contributed by atoms with E-state index in [9.17, 15) is 14.4 Å². The Morgan fingerprint density at radius 3 is 1.85 bits per heavy atom. The normalized spacial score (nSPS) is 16.6. The highest BCUT2D eigenvalue weighted by Gasteiger charge is 2.54. The minimum absolute atomic E-state index is 0.260. The first-order chi connectivity index (χ1) is 16.5. The molecule has 0 saturated carbocycles. The summed E-state index contributed by atoms with van der Waals surface area (Å²) in [5.41, 5.74) is 1.10. The lowest BCUT2D eigenvalue weighted by Crippen LogP contribution is -2.33. The molecular weight excluding hydrogens is 438 g/mol. The van der Waals surface area contributed by atoms with E-state index < -0.39 is 23.4 Å². The average molecular weight is 455 g/mol. The van der Waals surface area contributed by atoms with Gasteiger partial charge >= 0.3 is 5.97 Å². The molecule has 0 saturated heterocycles. The van der Waals surface area contributed by atoms with E-state index in [1.54, 1.807) is 62.8 Å². The molecule has 34 heavy (non-hydrogen) atoms. The number of nitrogens with zero attached hydrogens (tertiary/aromatic N) is 1. The standard InChI is InChI=1S/C26H17NO7/c1-31-15-4-7-19-21(12-15)33-22-13-16(32-2)5-8-20(22)26(19)18-6-3-14(11-17(18)25(30)34-26)27-23(28)9-10-24(27)29/h3-13H,1-2H3. The second-order valence-corrected chi connectivity index (χ2v) is 7.97. The minimum Gasteiger partial charge on any atom is -0.497 e. The quantitative estimate of drug-likeness (QED) is 0.439. The van der Waals surface area contributed by atoms with Crippen LogP contribution in [0.15, 0.2) is 66.7 Å². The number of carbonyl (C=O) groups excluding carboxylic acids is 3. The van der Waals surface area contributed by atoms with Crippen molar-refractivity contribution < 1.29 is 33.3 Å². The maximum Gasteiger partial charge on any atom is 0.340 e. The van der Waals surface area contributed by atoms with Crippen molar-refractivity contribution >= 4 is 23.5 Å². The first kappa shape index (κ1) is 20.0. The lowest BCUT2D eigenvalue weighted by atomic mass is 9.77. The van der Waals surface area contributed by atoms with Crippen LogP contribution in [-0.4, -0.2) is 32.0 Å². The number of ether oxygens (including phenoxy) is 4. The maximum atomic E-state index is 13.2. The van der Waals surface area contributed by atoms with E-state index in [2.05, 4.69) is 0 Å². The molecule has 0 radical (unpaired) electrons. The Hall–Kier alpha value is -4.59. The van der Waals surface area contributed by atoms with Crippen LogP contribution >= 0.6 is 0 Å². The van der Waals surface area contributed by atoms with Crippen molar-refractivity contribution in [3.05, 3.63) is 89.0 Å². The predicted octanol–water partition coefficient (Wildman–Crippen LogP) is 3.70. The fourth-order valence-electron chi connectivity index (χ4n) is 4.72. The second kappa shape index (κ2) is 6.95. The van der Waals surface area contributed by atoms with Crippen LogP contribution in [0.25, 0.3) is 0 Å². The third-order valence-electron chi connectivity index (χ3n) is 6.27. The van der Waals surface area contributed by atoms with Gasteiger partial charge < -0.3 is 18.9 Å². The topological polar surface area (TPSA) is 91.4 Å². The third kappa shape index (κ3) is 2.56. The zero-order chi connectivity index (χ0) is 23.6. The number of methoxy groups -OCH3 is 2. The van der Waals surface area contributed by atoms with Gasteiger partial charge in [0.15, 0.2) is 5.60 Å². The third-order valence-corrected chi connectivity index (χ3v) is 6.27. The molecule has 0 fully saturated rings. The summed E-state index contributed by atoms with van der Waals surface area (Å²) in [6, 6.07) is 15.5. The number of anilines is 1. The number of benzene rings is 3. The highest BCUT2D eigenvalue weighted by Crippen LogP contribution is 2.57. The van der Waals surface area contributed by atoms with Gasteiger partial charge in [0, 0.05) is 41.0 Å². The van der Waals surface area contributed by atoms with Gasteiger partial charge in [0.05, 0.1) is 25.5 Å². The van der Waals surface area contributed by atoms with Gasteiger partial charge in [0.25, 0.3) is 11.8 Å². The molecule has 3 aromatic rings. The first-order valence-corrected chi connectivity index (χ1v) is 10.4. The Balaban J connectivity index is 1.59. The van der Waals surface area contributed by atoms with Gasteiger partial charge in [0.2, 0.25) is 0 Å². The fraction of sp³-hybridized carbons (Fsp3) is 0.115. The summed E-state index contributed by atoms with van der Waals surface area (Å²) in [6.45, 7) is 0. The summed E-state index contributed by atoms with van der Waals surface area (Å²) in [5.74, 6) is 0.601. The van der Waals surface area contributed by atoms with Crippen LogP contribution in [0.2, 0.25) is 0 Å². The van der Waals surface area contributed by atoms with E-state index in [0.717, 1.165) is 4.90 Å². The lowest BCUT2D eigenvalue weighted by Gasteiger charge is -2.36. The monoisotopic (exact) mass is 455 g/mol. The highest BCUT2D eigenvalue weighted by atomic mass is 16.6. The molecule has 2 amide bonds. The van der Waals surface area contributed by atoms with Crippen LogP contribution < -0.4 is 19.1 Å². The largest absolute Gasteiger partial charge is 0.497 e. The van der Waals surface area contributed by atoms with Gasteiger partial charge in [-0.15, -0.1) is 0 Å². The molecule has 3 aliphatic heterocycles. The van der Waals surface area contributed by atoms with Gasteiger partial charge in [-0.05, 0) is 36.4 Å². The lowest BCUT2D eigenvalue weighted by molar-refractivity contribution is -0.120. The Bertz CT molecular complexity index is 1380. The molecule has 3 heterocycles. The molecule has 0 unspecified atom stereocenters. The number of imide groups is 1. The van der Waals surface area contributed by atoms with E-state index in [0.29, 0.717) is 45.4 Å².